The SMILES string of the molecule is CC(C)(C)c1cc(-c2ccc(-c3ccc4nc(-c5ccc6c(c5)C(C)(C)c5ccccc5-6)cc(-c5ccccc5)c4c3)cc2)cc(C(C)(C)C)c1. The van der Waals surface area contributed by atoms with Gasteiger partial charge in [0.15, 0.2) is 0 Å². The average Bonchev–Trinajstić information content (AvgIpc) is 3.36. The van der Waals surface area contributed by atoms with E-state index in [-0.39, 0.29) is 16.2 Å². The molecule has 8 rings (SSSR count). The van der Waals surface area contributed by atoms with Crippen molar-refractivity contribution in [3.05, 3.63) is 162 Å². The van der Waals surface area contributed by atoms with Gasteiger partial charge in [-0.15, -0.1) is 0 Å². The molecule has 6 aromatic carbocycles. The molecular weight excluding hydrogens is 615 g/mol. The Bertz CT molecular complexity index is 2400. The second-order valence-corrected chi connectivity index (χ2v) is 17.0. The van der Waals surface area contributed by atoms with Gasteiger partial charge in [-0.05, 0) is 102 Å². The Hall–Kier alpha value is -5.27. The van der Waals surface area contributed by atoms with Crippen molar-refractivity contribution in [3.63, 3.8) is 0 Å². The molecule has 1 aliphatic rings. The highest BCUT2D eigenvalue weighted by molar-refractivity contribution is 5.99. The molecule has 252 valence electrons. The van der Waals surface area contributed by atoms with Crippen LogP contribution in [-0.4, -0.2) is 4.98 Å². The van der Waals surface area contributed by atoms with Crippen molar-refractivity contribution in [2.75, 3.05) is 0 Å². The molecule has 0 bridgehead atoms. The summed E-state index contributed by atoms with van der Waals surface area (Å²) < 4.78 is 0. The highest BCUT2D eigenvalue weighted by Crippen LogP contribution is 2.49. The largest absolute Gasteiger partial charge is 0.248 e. The molecule has 1 heterocycles. The van der Waals surface area contributed by atoms with Crippen LogP contribution in [0, 0.1) is 0 Å². The zero-order valence-corrected chi connectivity index (χ0v) is 31.2. The third kappa shape index (κ3) is 5.89. The molecule has 0 fully saturated rings. The molecule has 0 N–H and O–H groups in total. The quantitative estimate of drug-likeness (QED) is 0.183. The van der Waals surface area contributed by atoms with Crippen molar-refractivity contribution in [1.82, 2.24) is 4.98 Å². The van der Waals surface area contributed by atoms with Gasteiger partial charge in [0.1, 0.15) is 0 Å². The lowest BCUT2D eigenvalue weighted by atomic mass is 9.79. The minimum atomic E-state index is -0.0598. The van der Waals surface area contributed by atoms with Gasteiger partial charge in [0.2, 0.25) is 0 Å². The first-order valence-corrected chi connectivity index (χ1v) is 18.3. The Morgan fingerprint density at radius 1 is 0.412 bits per heavy atom. The summed E-state index contributed by atoms with van der Waals surface area (Å²) in [6.45, 7) is 18.5. The molecule has 0 unspecified atom stereocenters. The summed E-state index contributed by atoms with van der Waals surface area (Å²) in [5.74, 6) is 0. The molecule has 7 aromatic rings. The molecule has 0 radical (unpaired) electrons. The van der Waals surface area contributed by atoms with Gasteiger partial charge in [-0.25, -0.2) is 4.98 Å². The zero-order chi connectivity index (χ0) is 35.7. The maximum atomic E-state index is 5.30. The van der Waals surface area contributed by atoms with Crippen molar-refractivity contribution in [2.24, 2.45) is 0 Å². The van der Waals surface area contributed by atoms with Gasteiger partial charge >= 0.3 is 0 Å². The third-order valence-electron chi connectivity index (χ3n) is 11.0. The number of nitrogens with zero attached hydrogens (tertiary/aromatic N) is 1. The Labute approximate surface area is 304 Å². The monoisotopic (exact) mass is 661 g/mol. The van der Waals surface area contributed by atoms with Gasteiger partial charge < -0.3 is 0 Å². The van der Waals surface area contributed by atoms with Gasteiger partial charge in [0, 0.05) is 16.4 Å². The highest BCUT2D eigenvalue weighted by atomic mass is 14.7. The molecule has 0 spiro atoms. The fourth-order valence-electron chi connectivity index (χ4n) is 7.79. The van der Waals surface area contributed by atoms with Crippen LogP contribution in [0.2, 0.25) is 0 Å². The minimum Gasteiger partial charge on any atom is -0.248 e. The molecule has 51 heavy (non-hydrogen) atoms. The Morgan fingerprint density at radius 3 is 1.65 bits per heavy atom. The first-order valence-electron chi connectivity index (χ1n) is 18.3. The van der Waals surface area contributed by atoms with Crippen LogP contribution in [0.15, 0.2) is 140 Å². The number of benzene rings is 6. The molecule has 0 amide bonds. The van der Waals surface area contributed by atoms with Crippen molar-refractivity contribution < 1.29 is 0 Å². The summed E-state index contributed by atoms with van der Waals surface area (Å²) in [4.78, 5) is 5.30. The molecule has 0 saturated heterocycles. The average molecular weight is 662 g/mol. The van der Waals surface area contributed by atoms with Gasteiger partial charge in [-0.3, -0.25) is 0 Å². The van der Waals surface area contributed by atoms with E-state index in [4.69, 9.17) is 4.98 Å². The number of aromatic nitrogens is 1. The number of rotatable bonds is 4. The lowest BCUT2D eigenvalue weighted by Gasteiger charge is -2.26. The van der Waals surface area contributed by atoms with Gasteiger partial charge in [0.25, 0.3) is 0 Å². The normalized spacial score (nSPS) is 13.6. The molecule has 0 saturated carbocycles. The lowest BCUT2D eigenvalue weighted by molar-refractivity contribution is 0.569. The molecular formula is C50H47N. The van der Waals surface area contributed by atoms with Crippen LogP contribution < -0.4 is 0 Å². The fraction of sp³-hybridized carbons (Fsp3) is 0.220. The molecule has 1 aromatic heterocycles. The topological polar surface area (TPSA) is 12.9 Å². The number of hydrogen-bond acceptors (Lipinski definition) is 1. The van der Waals surface area contributed by atoms with Crippen molar-refractivity contribution in [3.8, 4) is 55.8 Å². The zero-order valence-electron chi connectivity index (χ0n) is 31.2. The second kappa shape index (κ2) is 11.9. The summed E-state index contributed by atoms with van der Waals surface area (Å²) in [7, 11) is 0. The van der Waals surface area contributed by atoms with E-state index in [0.717, 1.165) is 22.2 Å². The van der Waals surface area contributed by atoms with Crippen LogP contribution in [-0.2, 0) is 16.2 Å². The smallest absolute Gasteiger partial charge is 0.0716 e. The van der Waals surface area contributed by atoms with Crippen LogP contribution in [0.25, 0.3) is 66.7 Å². The third-order valence-corrected chi connectivity index (χ3v) is 11.0. The van der Waals surface area contributed by atoms with E-state index < -0.39 is 0 Å². The van der Waals surface area contributed by atoms with Crippen LogP contribution in [0.1, 0.15) is 77.6 Å². The van der Waals surface area contributed by atoms with E-state index in [1.165, 1.54) is 66.8 Å². The van der Waals surface area contributed by atoms with Crippen molar-refractivity contribution in [2.45, 2.75) is 71.6 Å². The predicted octanol–water partition coefficient (Wildman–Crippen LogP) is 13.8. The fourth-order valence-corrected chi connectivity index (χ4v) is 7.79. The van der Waals surface area contributed by atoms with Crippen LogP contribution in [0.3, 0.4) is 0 Å². The second-order valence-electron chi connectivity index (χ2n) is 17.0. The number of pyridine rings is 1. The molecule has 0 aliphatic heterocycles. The van der Waals surface area contributed by atoms with E-state index in [0.29, 0.717) is 0 Å². The summed E-state index contributed by atoms with van der Waals surface area (Å²) >= 11 is 0. The number of hydrogen-bond donors (Lipinski definition) is 0. The van der Waals surface area contributed by atoms with Crippen LogP contribution in [0.4, 0.5) is 0 Å². The molecule has 1 heteroatoms. The Kier molecular flexibility index (Phi) is 7.69. The standard InChI is InChI=1S/C50H47N/c1-48(2,3)38-26-37(27-39(30-38)49(4,5)6)33-20-18-32(19-21-33)35-23-25-46-43(28-35)42(34-14-10-9-11-15-34)31-47(51-46)36-22-24-41-40-16-12-13-17-44(40)50(7,8)45(41)29-36/h9-31H,1-8H3. The minimum absolute atomic E-state index is 0.0598. The van der Waals surface area contributed by atoms with Crippen LogP contribution in [0.5, 0.6) is 0 Å². The van der Waals surface area contributed by atoms with Gasteiger partial charge in [-0.2, -0.15) is 0 Å². The maximum absolute atomic E-state index is 5.30. The van der Waals surface area contributed by atoms with Gasteiger partial charge in [-0.1, -0.05) is 171 Å². The molecule has 0 atom stereocenters. The first-order chi connectivity index (χ1) is 24.3. The Balaban J connectivity index is 1.20. The van der Waals surface area contributed by atoms with Crippen molar-refractivity contribution >= 4 is 10.9 Å². The van der Waals surface area contributed by atoms with Gasteiger partial charge in [0.05, 0.1) is 11.2 Å². The summed E-state index contributed by atoms with van der Waals surface area (Å²) in [5.41, 5.74) is 18.7. The Morgan fingerprint density at radius 2 is 0.980 bits per heavy atom. The van der Waals surface area contributed by atoms with E-state index >= 15 is 0 Å². The predicted molar refractivity (Wildman–Crippen MR) is 218 cm³/mol. The van der Waals surface area contributed by atoms with E-state index in [1.54, 1.807) is 0 Å². The summed E-state index contributed by atoms with van der Waals surface area (Å²) in [6, 6.07) is 51.8. The highest BCUT2D eigenvalue weighted by Gasteiger charge is 2.35. The number of fused-ring (bicyclic) bond motifs is 4. The summed E-state index contributed by atoms with van der Waals surface area (Å²) in [5, 5.41) is 1.16. The first kappa shape index (κ1) is 32.9. The lowest BCUT2D eigenvalue weighted by Crippen LogP contribution is -2.16. The summed E-state index contributed by atoms with van der Waals surface area (Å²) in [6.07, 6.45) is 0. The van der Waals surface area contributed by atoms with E-state index in [1.807, 2.05) is 0 Å². The molecule has 1 nitrogen and oxygen atoms in total. The van der Waals surface area contributed by atoms with E-state index in [2.05, 4.69) is 195 Å². The van der Waals surface area contributed by atoms with Crippen LogP contribution >= 0.6 is 0 Å². The van der Waals surface area contributed by atoms with E-state index in [9.17, 15) is 0 Å². The van der Waals surface area contributed by atoms with Crippen molar-refractivity contribution in [1.29, 1.82) is 0 Å². The molecule has 1 aliphatic carbocycles. The maximum Gasteiger partial charge on any atom is 0.0716 e.